The summed E-state index contributed by atoms with van der Waals surface area (Å²) >= 11 is 0. The number of allylic oxidation sites excluding steroid dienone is 1. The van der Waals surface area contributed by atoms with Gasteiger partial charge in [-0.2, -0.15) is 0 Å². The fourth-order valence-corrected chi connectivity index (χ4v) is 2.36. The summed E-state index contributed by atoms with van der Waals surface area (Å²) in [5.41, 5.74) is 3.50. The van der Waals surface area contributed by atoms with Gasteiger partial charge in [-0.3, -0.25) is 4.79 Å². The molecule has 23 heavy (non-hydrogen) atoms. The molecule has 1 aromatic rings. The molecule has 0 radical (unpaired) electrons. The monoisotopic (exact) mass is 318 g/mol. The summed E-state index contributed by atoms with van der Waals surface area (Å²) in [5, 5.41) is 0. The van der Waals surface area contributed by atoms with E-state index in [0.29, 0.717) is 26.1 Å². The third-order valence-electron chi connectivity index (χ3n) is 3.73. The smallest absolute Gasteiger partial charge is 0.306 e. The highest BCUT2D eigenvalue weighted by Crippen LogP contribution is 2.25. The number of ether oxygens (including phenoxy) is 3. The van der Waals surface area contributed by atoms with E-state index in [1.54, 1.807) is 0 Å². The van der Waals surface area contributed by atoms with E-state index in [4.69, 9.17) is 14.2 Å². The van der Waals surface area contributed by atoms with E-state index in [9.17, 15) is 4.79 Å². The Morgan fingerprint density at radius 2 is 2.26 bits per heavy atom. The van der Waals surface area contributed by atoms with Crippen LogP contribution in [0.2, 0.25) is 0 Å². The van der Waals surface area contributed by atoms with Gasteiger partial charge in [-0.15, -0.1) is 0 Å². The minimum atomic E-state index is -0.150. The van der Waals surface area contributed by atoms with Gasteiger partial charge in [0, 0.05) is 6.42 Å². The standard InChI is InChI=1S/C19H26O4/c1-4-21-19(20)8-6-5-7-16-11-14(2)9-10-18(16)15(3)22-12-17-13-23-17/h5,7,9-11,15,17H,4,6,8,12-13H2,1-3H3/t15-,17?/m1/s1. The maximum atomic E-state index is 11.4. The number of carbonyl (C=O) groups is 1. The SMILES string of the molecule is CCOC(=O)CCC=Cc1cc(C)ccc1[C@@H](C)OCC1CO1. The predicted molar refractivity (Wildman–Crippen MR) is 90.2 cm³/mol. The molecule has 0 spiro atoms. The van der Waals surface area contributed by atoms with Crippen molar-refractivity contribution in [2.24, 2.45) is 0 Å². The second kappa shape index (κ2) is 8.85. The van der Waals surface area contributed by atoms with Crippen LogP contribution in [0.1, 0.15) is 49.5 Å². The molecule has 1 aromatic carbocycles. The van der Waals surface area contributed by atoms with Crippen LogP contribution in [0.25, 0.3) is 6.08 Å². The van der Waals surface area contributed by atoms with Crippen molar-refractivity contribution in [2.75, 3.05) is 19.8 Å². The summed E-state index contributed by atoms with van der Waals surface area (Å²) < 4.78 is 16.0. The van der Waals surface area contributed by atoms with Crippen LogP contribution in [0.3, 0.4) is 0 Å². The van der Waals surface area contributed by atoms with E-state index in [1.165, 1.54) is 5.56 Å². The molecule has 1 heterocycles. The highest BCUT2D eigenvalue weighted by molar-refractivity contribution is 5.69. The lowest BCUT2D eigenvalue weighted by Crippen LogP contribution is -2.07. The molecule has 0 aliphatic carbocycles. The lowest BCUT2D eigenvalue weighted by Gasteiger charge is -2.16. The van der Waals surface area contributed by atoms with Crippen molar-refractivity contribution < 1.29 is 19.0 Å². The van der Waals surface area contributed by atoms with E-state index in [1.807, 2.05) is 13.0 Å². The van der Waals surface area contributed by atoms with Gasteiger partial charge in [0.1, 0.15) is 6.10 Å². The summed E-state index contributed by atoms with van der Waals surface area (Å²) in [4.78, 5) is 11.4. The number of hydrogen-bond donors (Lipinski definition) is 0. The van der Waals surface area contributed by atoms with Crippen LogP contribution in [0.5, 0.6) is 0 Å². The quantitative estimate of drug-likeness (QED) is 0.513. The molecule has 4 heteroatoms. The molecule has 2 atom stereocenters. The molecule has 1 fully saturated rings. The number of carbonyl (C=O) groups excluding carboxylic acids is 1. The van der Waals surface area contributed by atoms with Crippen LogP contribution in [-0.4, -0.2) is 31.9 Å². The number of aryl methyl sites for hydroxylation is 1. The van der Waals surface area contributed by atoms with Crippen molar-refractivity contribution in [2.45, 2.75) is 45.8 Å². The molecular formula is C19H26O4. The van der Waals surface area contributed by atoms with Crippen LogP contribution >= 0.6 is 0 Å². The van der Waals surface area contributed by atoms with Gasteiger partial charge in [0.2, 0.25) is 0 Å². The average Bonchev–Trinajstić information content (AvgIpc) is 3.34. The van der Waals surface area contributed by atoms with Crippen LogP contribution in [0.15, 0.2) is 24.3 Å². The van der Waals surface area contributed by atoms with Crippen molar-refractivity contribution in [1.29, 1.82) is 0 Å². The Hall–Kier alpha value is -1.65. The molecule has 1 saturated heterocycles. The Morgan fingerprint density at radius 1 is 1.48 bits per heavy atom. The van der Waals surface area contributed by atoms with E-state index < -0.39 is 0 Å². The topological polar surface area (TPSA) is 48.1 Å². The summed E-state index contributed by atoms with van der Waals surface area (Å²) in [7, 11) is 0. The first kappa shape index (κ1) is 17.7. The normalized spacial score (nSPS) is 18.1. The molecule has 0 amide bonds. The Balaban J connectivity index is 1.95. The first-order chi connectivity index (χ1) is 11.1. The molecule has 2 rings (SSSR count). The zero-order chi connectivity index (χ0) is 16.7. The molecule has 1 aliphatic heterocycles. The number of esters is 1. The zero-order valence-electron chi connectivity index (χ0n) is 14.2. The highest BCUT2D eigenvalue weighted by Gasteiger charge is 2.24. The summed E-state index contributed by atoms with van der Waals surface area (Å²) in [6, 6.07) is 6.35. The van der Waals surface area contributed by atoms with Crippen LogP contribution < -0.4 is 0 Å². The number of epoxide rings is 1. The fraction of sp³-hybridized carbons (Fsp3) is 0.526. The van der Waals surface area contributed by atoms with Crippen molar-refractivity contribution in [3.05, 3.63) is 41.0 Å². The second-order valence-electron chi connectivity index (χ2n) is 5.81. The first-order valence-corrected chi connectivity index (χ1v) is 8.26. The minimum absolute atomic E-state index is 0.0181. The second-order valence-corrected chi connectivity index (χ2v) is 5.81. The zero-order valence-corrected chi connectivity index (χ0v) is 14.2. The molecule has 0 aromatic heterocycles. The van der Waals surface area contributed by atoms with Crippen LogP contribution in [-0.2, 0) is 19.0 Å². The van der Waals surface area contributed by atoms with Crippen molar-refractivity contribution in [3.63, 3.8) is 0 Å². The summed E-state index contributed by atoms with van der Waals surface area (Å²) in [6.07, 6.45) is 5.46. The molecule has 126 valence electrons. The van der Waals surface area contributed by atoms with Crippen LogP contribution in [0, 0.1) is 6.92 Å². The molecule has 1 unspecified atom stereocenters. The molecule has 0 N–H and O–H groups in total. The number of hydrogen-bond acceptors (Lipinski definition) is 4. The molecular weight excluding hydrogens is 292 g/mol. The van der Waals surface area contributed by atoms with Gasteiger partial charge in [-0.05, 0) is 38.3 Å². The predicted octanol–water partition coefficient (Wildman–Crippen LogP) is 3.83. The van der Waals surface area contributed by atoms with E-state index in [2.05, 4.69) is 38.1 Å². The summed E-state index contributed by atoms with van der Waals surface area (Å²) in [5.74, 6) is -0.150. The minimum Gasteiger partial charge on any atom is -0.466 e. The van der Waals surface area contributed by atoms with Gasteiger partial charge < -0.3 is 14.2 Å². The lowest BCUT2D eigenvalue weighted by atomic mass is 10.00. The van der Waals surface area contributed by atoms with Gasteiger partial charge in [-0.25, -0.2) is 0 Å². The van der Waals surface area contributed by atoms with Crippen molar-refractivity contribution >= 4 is 12.0 Å². The Bertz CT molecular complexity index is 546. The van der Waals surface area contributed by atoms with E-state index >= 15 is 0 Å². The van der Waals surface area contributed by atoms with Gasteiger partial charge in [0.15, 0.2) is 0 Å². The lowest BCUT2D eigenvalue weighted by molar-refractivity contribution is -0.142. The number of benzene rings is 1. The van der Waals surface area contributed by atoms with Crippen LogP contribution in [0.4, 0.5) is 0 Å². The highest BCUT2D eigenvalue weighted by atomic mass is 16.6. The third-order valence-corrected chi connectivity index (χ3v) is 3.73. The van der Waals surface area contributed by atoms with Gasteiger partial charge in [0.25, 0.3) is 0 Å². The van der Waals surface area contributed by atoms with E-state index in [-0.39, 0.29) is 18.2 Å². The first-order valence-electron chi connectivity index (χ1n) is 8.26. The van der Waals surface area contributed by atoms with Crippen molar-refractivity contribution in [3.8, 4) is 0 Å². The Morgan fingerprint density at radius 3 is 2.96 bits per heavy atom. The molecule has 0 bridgehead atoms. The third kappa shape index (κ3) is 6.16. The Labute approximate surface area is 138 Å². The maximum absolute atomic E-state index is 11.4. The Kier molecular flexibility index (Phi) is 6.81. The van der Waals surface area contributed by atoms with Gasteiger partial charge >= 0.3 is 5.97 Å². The molecule has 0 saturated carbocycles. The average molecular weight is 318 g/mol. The maximum Gasteiger partial charge on any atom is 0.306 e. The van der Waals surface area contributed by atoms with E-state index in [0.717, 1.165) is 17.7 Å². The van der Waals surface area contributed by atoms with Gasteiger partial charge in [0.05, 0.1) is 25.9 Å². The van der Waals surface area contributed by atoms with Gasteiger partial charge in [-0.1, -0.05) is 35.9 Å². The molecule has 4 nitrogen and oxygen atoms in total. The molecule has 1 aliphatic rings. The number of rotatable bonds is 9. The van der Waals surface area contributed by atoms with Crippen molar-refractivity contribution in [1.82, 2.24) is 0 Å². The largest absolute Gasteiger partial charge is 0.466 e. The summed E-state index contributed by atoms with van der Waals surface area (Å²) in [6.45, 7) is 7.83. The fourth-order valence-electron chi connectivity index (χ4n) is 2.36.